The van der Waals surface area contributed by atoms with E-state index in [1.807, 2.05) is 6.07 Å². The van der Waals surface area contributed by atoms with Crippen molar-refractivity contribution < 1.29 is 9.53 Å². The largest absolute Gasteiger partial charge is 0.369 e. The first-order valence-electron chi connectivity index (χ1n) is 7.47. The van der Waals surface area contributed by atoms with Gasteiger partial charge in [-0.15, -0.1) is 0 Å². The highest BCUT2D eigenvalue weighted by molar-refractivity contribution is 6.34. The Bertz CT molecular complexity index is 797. The predicted octanol–water partition coefficient (Wildman–Crippen LogP) is 2.52. The van der Waals surface area contributed by atoms with E-state index in [2.05, 4.69) is 15.6 Å². The first kappa shape index (κ1) is 16.4. The summed E-state index contributed by atoms with van der Waals surface area (Å²) in [4.78, 5) is 16.9. The Morgan fingerprint density at radius 2 is 2.33 bits per heavy atom. The minimum atomic E-state index is -0.393. The summed E-state index contributed by atoms with van der Waals surface area (Å²) in [5.74, 6) is -0.393. The summed E-state index contributed by atoms with van der Waals surface area (Å²) in [5.41, 5.74) is 1.84. The first-order chi connectivity index (χ1) is 11.7. The third-order valence-electron chi connectivity index (χ3n) is 3.66. The van der Waals surface area contributed by atoms with E-state index < -0.39 is 5.91 Å². The summed E-state index contributed by atoms with van der Waals surface area (Å²) in [6, 6.07) is 10.1. The lowest BCUT2D eigenvalue weighted by molar-refractivity contribution is 0.0255. The maximum Gasteiger partial charge on any atom is 0.257 e. The molecule has 3 rings (SSSR count). The number of anilines is 1. The number of carbonyl (C=O) groups excluding carboxylic acids is 1. The number of aromatic nitrogens is 1. The quantitative estimate of drug-likeness (QED) is 0.895. The molecule has 24 heavy (non-hydrogen) atoms. The van der Waals surface area contributed by atoms with Gasteiger partial charge in [0.25, 0.3) is 5.91 Å². The average Bonchev–Trinajstić information content (AvgIpc) is 2.63. The van der Waals surface area contributed by atoms with Crippen molar-refractivity contribution in [1.29, 1.82) is 5.26 Å². The van der Waals surface area contributed by atoms with Crippen LogP contribution in [-0.2, 0) is 4.74 Å². The number of benzene rings is 1. The van der Waals surface area contributed by atoms with Crippen LogP contribution in [0.25, 0.3) is 0 Å². The fraction of sp³-hybridized carbons (Fsp3) is 0.235. The number of nitrogens with one attached hydrogen (secondary N) is 2. The zero-order valence-electron chi connectivity index (χ0n) is 12.8. The summed E-state index contributed by atoms with van der Waals surface area (Å²) in [7, 11) is 0. The Labute approximate surface area is 144 Å². The minimum Gasteiger partial charge on any atom is -0.369 e. The normalized spacial score (nSPS) is 17.1. The van der Waals surface area contributed by atoms with Crippen molar-refractivity contribution in [2.24, 2.45) is 0 Å². The number of morpholine rings is 1. The van der Waals surface area contributed by atoms with E-state index in [4.69, 9.17) is 21.6 Å². The second-order valence-corrected chi connectivity index (χ2v) is 5.67. The van der Waals surface area contributed by atoms with Gasteiger partial charge in [-0.2, -0.15) is 5.26 Å². The van der Waals surface area contributed by atoms with E-state index >= 15 is 0 Å². The van der Waals surface area contributed by atoms with Gasteiger partial charge in [-0.1, -0.05) is 11.6 Å². The molecule has 1 aromatic heterocycles. The Morgan fingerprint density at radius 1 is 1.46 bits per heavy atom. The number of nitriles is 1. The van der Waals surface area contributed by atoms with Crippen LogP contribution in [0.4, 0.5) is 5.69 Å². The van der Waals surface area contributed by atoms with Gasteiger partial charge in [0.15, 0.2) is 0 Å². The Balaban J connectivity index is 1.86. The van der Waals surface area contributed by atoms with Crippen molar-refractivity contribution in [2.75, 3.05) is 25.0 Å². The van der Waals surface area contributed by atoms with Crippen molar-refractivity contribution in [1.82, 2.24) is 10.3 Å². The molecular formula is C17H15ClN4O2. The van der Waals surface area contributed by atoms with Gasteiger partial charge in [-0.3, -0.25) is 9.78 Å². The van der Waals surface area contributed by atoms with Crippen LogP contribution in [0.2, 0.25) is 5.02 Å². The molecule has 0 aliphatic carbocycles. The van der Waals surface area contributed by atoms with Crippen LogP contribution < -0.4 is 10.6 Å². The lowest BCUT2D eigenvalue weighted by atomic mass is 10.1. The molecule has 0 saturated carbocycles. The molecule has 0 radical (unpaired) electrons. The van der Waals surface area contributed by atoms with Crippen molar-refractivity contribution in [3.63, 3.8) is 0 Å². The molecule has 1 unspecified atom stereocenters. The molecule has 1 aromatic carbocycles. The summed E-state index contributed by atoms with van der Waals surface area (Å²) < 4.78 is 5.71. The lowest BCUT2D eigenvalue weighted by Crippen LogP contribution is -2.34. The number of nitrogens with zero attached hydrogens (tertiary/aromatic N) is 2. The van der Waals surface area contributed by atoms with Crippen molar-refractivity contribution in [3.05, 3.63) is 58.4 Å². The molecule has 122 valence electrons. The van der Waals surface area contributed by atoms with Crippen LogP contribution in [0.15, 0.2) is 36.5 Å². The van der Waals surface area contributed by atoms with E-state index in [9.17, 15) is 4.79 Å². The average molecular weight is 343 g/mol. The monoisotopic (exact) mass is 342 g/mol. The van der Waals surface area contributed by atoms with Gasteiger partial charge in [-0.25, -0.2) is 0 Å². The van der Waals surface area contributed by atoms with E-state index in [0.717, 1.165) is 6.54 Å². The molecule has 2 aromatic rings. The van der Waals surface area contributed by atoms with Gasteiger partial charge < -0.3 is 15.4 Å². The zero-order chi connectivity index (χ0) is 16.9. The molecule has 1 fully saturated rings. The van der Waals surface area contributed by atoms with Crippen molar-refractivity contribution >= 4 is 23.2 Å². The molecule has 2 N–H and O–H groups in total. The molecule has 0 spiro atoms. The molecule has 1 atom stereocenters. The lowest BCUT2D eigenvalue weighted by Gasteiger charge is -2.24. The maximum atomic E-state index is 12.5. The molecule has 6 nitrogen and oxygen atoms in total. The van der Waals surface area contributed by atoms with Gasteiger partial charge in [0, 0.05) is 19.3 Å². The molecule has 0 bridgehead atoms. The zero-order valence-corrected chi connectivity index (χ0v) is 13.5. The number of hydrogen-bond donors (Lipinski definition) is 2. The molecule has 2 heterocycles. The van der Waals surface area contributed by atoms with Crippen LogP contribution in [-0.4, -0.2) is 30.6 Å². The van der Waals surface area contributed by atoms with E-state index in [0.29, 0.717) is 30.1 Å². The molecule has 1 aliphatic rings. The third kappa shape index (κ3) is 3.54. The number of amides is 1. The van der Waals surface area contributed by atoms with Crippen LogP contribution in [0.1, 0.15) is 27.7 Å². The number of pyridine rings is 1. The summed E-state index contributed by atoms with van der Waals surface area (Å²) in [5, 5.41) is 15.3. The second kappa shape index (κ2) is 7.41. The van der Waals surface area contributed by atoms with Crippen LogP contribution in [0.3, 0.4) is 0 Å². The number of hydrogen-bond acceptors (Lipinski definition) is 5. The Kier molecular flexibility index (Phi) is 5.06. The minimum absolute atomic E-state index is 0.226. The smallest absolute Gasteiger partial charge is 0.257 e. The first-order valence-corrected chi connectivity index (χ1v) is 7.85. The molecule has 1 saturated heterocycles. The summed E-state index contributed by atoms with van der Waals surface area (Å²) in [6.45, 7) is 2.01. The van der Waals surface area contributed by atoms with Crippen molar-refractivity contribution in [2.45, 2.75) is 6.10 Å². The van der Waals surface area contributed by atoms with Gasteiger partial charge in [-0.05, 0) is 30.3 Å². The Morgan fingerprint density at radius 3 is 3.08 bits per heavy atom. The van der Waals surface area contributed by atoms with Gasteiger partial charge in [0.2, 0.25) is 0 Å². The standard InChI is InChI=1S/C17H15ClN4O2/c18-13-4-3-11(9-19)8-12(13)17(23)22-14-2-1-5-21-16(14)15-10-20-6-7-24-15/h1-5,8,15,20H,6-7,10H2,(H,22,23). The van der Waals surface area contributed by atoms with E-state index in [1.54, 1.807) is 24.4 Å². The highest BCUT2D eigenvalue weighted by Gasteiger charge is 2.22. The molecule has 1 aliphatic heterocycles. The van der Waals surface area contributed by atoms with Gasteiger partial charge >= 0.3 is 0 Å². The highest BCUT2D eigenvalue weighted by atomic mass is 35.5. The SMILES string of the molecule is N#Cc1ccc(Cl)c(C(=O)Nc2cccnc2C2CNCCO2)c1. The van der Waals surface area contributed by atoms with E-state index in [1.165, 1.54) is 12.1 Å². The number of carbonyl (C=O) groups is 1. The number of ether oxygens (including phenoxy) is 1. The topological polar surface area (TPSA) is 87.0 Å². The predicted molar refractivity (Wildman–Crippen MR) is 89.9 cm³/mol. The maximum absolute atomic E-state index is 12.5. The van der Waals surface area contributed by atoms with Crippen LogP contribution in [0.5, 0.6) is 0 Å². The summed E-state index contributed by atoms with van der Waals surface area (Å²) >= 11 is 6.08. The fourth-order valence-electron chi connectivity index (χ4n) is 2.48. The van der Waals surface area contributed by atoms with Crippen LogP contribution >= 0.6 is 11.6 Å². The Hall–Kier alpha value is -2.46. The molecule has 1 amide bonds. The fourth-order valence-corrected chi connectivity index (χ4v) is 2.68. The molecular weight excluding hydrogens is 328 g/mol. The van der Waals surface area contributed by atoms with Gasteiger partial charge in [0.05, 0.1) is 40.2 Å². The molecule has 7 heteroatoms. The van der Waals surface area contributed by atoms with Crippen molar-refractivity contribution in [3.8, 4) is 6.07 Å². The highest BCUT2D eigenvalue weighted by Crippen LogP contribution is 2.26. The number of halogens is 1. The van der Waals surface area contributed by atoms with Crippen LogP contribution in [0, 0.1) is 11.3 Å². The summed E-state index contributed by atoms with van der Waals surface area (Å²) in [6.07, 6.45) is 1.43. The van der Waals surface area contributed by atoms with E-state index in [-0.39, 0.29) is 16.7 Å². The number of rotatable bonds is 3. The van der Waals surface area contributed by atoms with Gasteiger partial charge in [0.1, 0.15) is 6.10 Å². The third-order valence-corrected chi connectivity index (χ3v) is 3.99. The second-order valence-electron chi connectivity index (χ2n) is 5.26.